The fourth-order valence-corrected chi connectivity index (χ4v) is 4.20. The van der Waals surface area contributed by atoms with Gasteiger partial charge < -0.3 is 19.5 Å². The van der Waals surface area contributed by atoms with E-state index in [0.717, 1.165) is 35.3 Å². The fraction of sp³-hybridized carbons (Fsp3) is 0.438. The zero-order chi connectivity index (χ0) is 15.2. The highest BCUT2D eigenvalue weighted by molar-refractivity contribution is 7.13. The third-order valence-corrected chi connectivity index (χ3v) is 5.60. The molecule has 3 heterocycles. The lowest BCUT2D eigenvalue weighted by Gasteiger charge is -2.37. The number of rotatable bonds is 3. The van der Waals surface area contributed by atoms with E-state index in [2.05, 4.69) is 16.0 Å². The minimum atomic E-state index is -0.257. The third kappa shape index (κ3) is 1.98. The summed E-state index contributed by atoms with van der Waals surface area (Å²) in [5.74, 6) is 1.91. The molecule has 0 spiro atoms. The number of anilines is 1. The molecule has 2 atom stereocenters. The fourth-order valence-electron chi connectivity index (χ4n) is 3.54. The number of fused-ring (bicyclic) bond motifs is 3. The van der Waals surface area contributed by atoms with Crippen LogP contribution in [0.25, 0.3) is 0 Å². The summed E-state index contributed by atoms with van der Waals surface area (Å²) in [6.45, 7) is 2.27. The number of hydrogen-bond acceptors (Lipinski definition) is 6. The van der Waals surface area contributed by atoms with Gasteiger partial charge in [-0.05, 0) is 6.07 Å². The van der Waals surface area contributed by atoms with Crippen molar-refractivity contribution in [2.45, 2.75) is 5.92 Å². The molecule has 5 nitrogen and oxygen atoms in total. The molecule has 1 saturated heterocycles. The smallest absolute Gasteiger partial charge is 0.185 e. The second-order valence-corrected chi connectivity index (χ2v) is 6.83. The van der Waals surface area contributed by atoms with Crippen molar-refractivity contribution in [3.63, 3.8) is 0 Å². The second kappa shape index (κ2) is 5.14. The van der Waals surface area contributed by atoms with Crippen LogP contribution in [0.4, 0.5) is 5.13 Å². The molecule has 2 aliphatic heterocycles. The highest BCUT2D eigenvalue weighted by Gasteiger charge is 2.51. The van der Waals surface area contributed by atoms with Crippen molar-refractivity contribution >= 4 is 16.5 Å². The van der Waals surface area contributed by atoms with E-state index >= 15 is 0 Å². The first-order valence-corrected chi connectivity index (χ1v) is 8.20. The average Bonchev–Trinajstić information content (AvgIpc) is 3.21. The van der Waals surface area contributed by atoms with Gasteiger partial charge in [-0.15, -0.1) is 11.3 Å². The highest BCUT2D eigenvalue weighted by atomic mass is 32.1. The standard InChI is InChI=1S/C16H18N2O3S/c1-20-11-2-3-12-13-7-18(15-17-4-5-22-15)8-16(13,9-19)10-21-14(12)6-11/h2-6,13,19H,7-10H2,1H3/t13-,16-/m0/s1. The molecule has 0 bridgehead atoms. The van der Waals surface area contributed by atoms with Gasteiger partial charge >= 0.3 is 0 Å². The molecule has 6 heteroatoms. The Morgan fingerprint density at radius 3 is 3.18 bits per heavy atom. The Morgan fingerprint density at radius 1 is 1.55 bits per heavy atom. The van der Waals surface area contributed by atoms with Crippen LogP contribution in [-0.2, 0) is 0 Å². The third-order valence-electron chi connectivity index (χ3n) is 4.76. The predicted octanol–water partition coefficient (Wildman–Crippen LogP) is 2.13. The quantitative estimate of drug-likeness (QED) is 0.939. The van der Waals surface area contributed by atoms with Crippen LogP contribution in [0.3, 0.4) is 0 Å². The van der Waals surface area contributed by atoms with E-state index in [1.165, 1.54) is 0 Å². The zero-order valence-electron chi connectivity index (χ0n) is 12.4. The van der Waals surface area contributed by atoms with Crippen molar-refractivity contribution in [3.8, 4) is 11.5 Å². The van der Waals surface area contributed by atoms with Gasteiger partial charge in [0.1, 0.15) is 11.5 Å². The van der Waals surface area contributed by atoms with E-state index in [0.29, 0.717) is 6.61 Å². The van der Waals surface area contributed by atoms with Gasteiger partial charge in [0.15, 0.2) is 5.13 Å². The number of benzene rings is 1. The summed E-state index contributed by atoms with van der Waals surface area (Å²) in [4.78, 5) is 6.67. The van der Waals surface area contributed by atoms with Crippen molar-refractivity contribution < 1.29 is 14.6 Å². The molecule has 0 saturated carbocycles. The van der Waals surface area contributed by atoms with E-state index in [1.54, 1.807) is 18.4 Å². The summed E-state index contributed by atoms with van der Waals surface area (Å²) < 4.78 is 11.2. The Labute approximate surface area is 133 Å². The summed E-state index contributed by atoms with van der Waals surface area (Å²) in [5, 5.41) is 13.0. The number of methoxy groups -OCH3 is 1. The van der Waals surface area contributed by atoms with Crippen molar-refractivity contribution in [1.82, 2.24) is 4.98 Å². The summed E-state index contributed by atoms with van der Waals surface area (Å²) in [6, 6.07) is 5.96. The Morgan fingerprint density at radius 2 is 2.45 bits per heavy atom. The monoisotopic (exact) mass is 318 g/mol. The molecular weight excluding hydrogens is 300 g/mol. The number of thiazole rings is 1. The topological polar surface area (TPSA) is 54.8 Å². The first-order valence-electron chi connectivity index (χ1n) is 7.32. The normalized spacial score (nSPS) is 26.3. The Hall–Kier alpha value is -1.79. The Balaban J connectivity index is 1.72. The minimum Gasteiger partial charge on any atom is -0.497 e. The summed E-state index contributed by atoms with van der Waals surface area (Å²) in [5.41, 5.74) is 0.896. The number of hydrogen-bond donors (Lipinski definition) is 1. The molecule has 22 heavy (non-hydrogen) atoms. The SMILES string of the molecule is COc1ccc2c(c1)OC[C@@]1(CO)CN(c3nccs3)C[C@@H]21. The molecule has 0 aliphatic carbocycles. The average molecular weight is 318 g/mol. The maximum Gasteiger partial charge on any atom is 0.185 e. The molecule has 0 amide bonds. The maximum atomic E-state index is 10.0. The number of aliphatic hydroxyl groups is 1. The number of nitrogens with zero attached hydrogens (tertiary/aromatic N) is 2. The molecule has 116 valence electrons. The lowest BCUT2D eigenvalue weighted by atomic mass is 9.74. The molecular formula is C16H18N2O3S. The van der Waals surface area contributed by atoms with Gasteiger partial charge in [-0.1, -0.05) is 6.07 Å². The molecule has 0 radical (unpaired) electrons. The van der Waals surface area contributed by atoms with Crippen LogP contribution in [0.5, 0.6) is 11.5 Å². The lowest BCUT2D eigenvalue weighted by molar-refractivity contribution is 0.0533. The first-order chi connectivity index (χ1) is 10.8. The highest BCUT2D eigenvalue weighted by Crippen LogP contribution is 2.51. The van der Waals surface area contributed by atoms with E-state index in [-0.39, 0.29) is 17.9 Å². The first kappa shape index (κ1) is 13.8. The Kier molecular flexibility index (Phi) is 3.23. The minimum absolute atomic E-state index is 0.116. The summed E-state index contributed by atoms with van der Waals surface area (Å²) in [6.07, 6.45) is 1.82. The number of ether oxygens (including phenoxy) is 2. The van der Waals surface area contributed by atoms with Crippen LogP contribution in [0.15, 0.2) is 29.8 Å². The van der Waals surface area contributed by atoms with Crippen LogP contribution in [0.1, 0.15) is 11.5 Å². The summed E-state index contributed by atoms with van der Waals surface area (Å²) in [7, 11) is 1.66. The molecule has 4 rings (SSSR count). The number of aliphatic hydroxyl groups excluding tert-OH is 1. The Bertz CT molecular complexity index is 676. The van der Waals surface area contributed by atoms with Gasteiger partial charge in [-0.2, -0.15) is 0 Å². The van der Waals surface area contributed by atoms with E-state index in [4.69, 9.17) is 9.47 Å². The van der Waals surface area contributed by atoms with Crippen LogP contribution >= 0.6 is 11.3 Å². The molecule has 1 N–H and O–H groups in total. The van der Waals surface area contributed by atoms with Crippen molar-refractivity contribution in [1.29, 1.82) is 0 Å². The van der Waals surface area contributed by atoms with Crippen LogP contribution in [0.2, 0.25) is 0 Å². The van der Waals surface area contributed by atoms with Gasteiger partial charge in [0.05, 0.1) is 25.7 Å². The van der Waals surface area contributed by atoms with Crippen LogP contribution in [0, 0.1) is 5.41 Å². The number of aromatic nitrogens is 1. The van der Waals surface area contributed by atoms with Gasteiger partial charge in [0, 0.05) is 42.2 Å². The largest absolute Gasteiger partial charge is 0.497 e. The summed E-state index contributed by atoms with van der Waals surface area (Å²) >= 11 is 1.63. The second-order valence-electron chi connectivity index (χ2n) is 5.96. The lowest BCUT2D eigenvalue weighted by Crippen LogP contribution is -2.42. The van der Waals surface area contributed by atoms with E-state index < -0.39 is 0 Å². The van der Waals surface area contributed by atoms with Crippen molar-refractivity contribution in [2.24, 2.45) is 5.41 Å². The predicted molar refractivity (Wildman–Crippen MR) is 85.1 cm³/mol. The van der Waals surface area contributed by atoms with Gasteiger partial charge in [-0.3, -0.25) is 0 Å². The molecule has 1 aromatic carbocycles. The zero-order valence-corrected chi connectivity index (χ0v) is 13.2. The van der Waals surface area contributed by atoms with E-state index in [9.17, 15) is 5.11 Å². The van der Waals surface area contributed by atoms with Gasteiger partial charge in [-0.25, -0.2) is 4.98 Å². The molecule has 0 unspecified atom stereocenters. The molecule has 2 aliphatic rings. The molecule has 1 fully saturated rings. The van der Waals surface area contributed by atoms with Gasteiger partial charge in [0.25, 0.3) is 0 Å². The van der Waals surface area contributed by atoms with E-state index in [1.807, 2.05) is 23.7 Å². The van der Waals surface area contributed by atoms with Crippen LogP contribution in [-0.4, -0.2) is 43.5 Å². The van der Waals surface area contributed by atoms with Crippen molar-refractivity contribution in [2.75, 3.05) is 38.3 Å². The maximum absolute atomic E-state index is 10.0. The van der Waals surface area contributed by atoms with Crippen molar-refractivity contribution in [3.05, 3.63) is 35.3 Å². The van der Waals surface area contributed by atoms with Gasteiger partial charge in [0.2, 0.25) is 0 Å². The molecule has 2 aromatic rings. The molecule has 1 aromatic heterocycles. The van der Waals surface area contributed by atoms with Crippen LogP contribution < -0.4 is 14.4 Å².